The van der Waals surface area contributed by atoms with E-state index in [1.807, 2.05) is 18.7 Å². The van der Waals surface area contributed by atoms with Crippen molar-refractivity contribution in [1.82, 2.24) is 20.4 Å². The van der Waals surface area contributed by atoms with E-state index in [1.165, 1.54) is 0 Å². The van der Waals surface area contributed by atoms with Gasteiger partial charge in [0.2, 0.25) is 11.8 Å². The summed E-state index contributed by atoms with van der Waals surface area (Å²) in [6.45, 7) is 6.57. The Morgan fingerprint density at radius 2 is 2.33 bits per heavy atom. The van der Waals surface area contributed by atoms with Crippen LogP contribution in [-0.4, -0.2) is 59.3 Å². The Morgan fingerprint density at radius 1 is 1.48 bits per heavy atom. The second-order valence-corrected chi connectivity index (χ2v) is 5.81. The first-order valence-corrected chi connectivity index (χ1v) is 7.59. The quantitative estimate of drug-likeness (QED) is 0.853. The summed E-state index contributed by atoms with van der Waals surface area (Å²) in [7, 11) is 0. The number of amides is 1. The van der Waals surface area contributed by atoms with Crippen LogP contribution in [0.2, 0.25) is 0 Å². The molecule has 0 aliphatic carbocycles. The molecule has 116 valence electrons. The molecule has 0 aromatic carbocycles. The Labute approximate surface area is 124 Å². The molecule has 1 amide bonds. The SMILES string of the molecule is Cc1noc(C2CCCN(C(=O)[C@H]3NCCO[C@@H]3C)C2)n1. The molecule has 0 saturated carbocycles. The van der Waals surface area contributed by atoms with Gasteiger partial charge in [-0.25, -0.2) is 0 Å². The highest BCUT2D eigenvalue weighted by molar-refractivity contribution is 5.82. The lowest BCUT2D eigenvalue weighted by molar-refractivity contribution is -0.140. The highest BCUT2D eigenvalue weighted by atomic mass is 16.5. The number of hydrogen-bond acceptors (Lipinski definition) is 6. The van der Waals surface area contributed by atoms with Gasteiger partial charge >= 0.3 is 0 Å². The number of aromatic nitrogens is 2. The number of morpholine rings is 1. The molecule has 21 heavy (non-hydrogen) atoms. The summed E-state index contributed by atoms with van der Waals surface area (Å²) < 4.78 is 10.8. The van der Waals surface area contributed by atoms with Crippen molar-refractivity contribution >= 4 is 5.91 Å². The number of carbonyl (C=O) groups is 1. The van der Waals surface area contributed by atoms with Gasteiger partial charge in [0.25, 0.3) is 0 Å². The van der Waals surface area contributed by atoms with Crippen molar-refractivity contribution in [2.24, 2.45) is 0 Å². The number of aryl methyl sites for hydroxylation is 1. The Balaban J connectivity index is 1.66. The Bertz CT molecular complexity index is 504. The summed E-state index contributed by atoms with van der Waals surface area (Å²) in [6, 6.07) is -0.248. The highest BCUT2D eigenvalue weighted by Crippen LogP contribution is 2.26. The topological polar surface area (TPSA) is 80.5 Å². The minimum atomic E-state index is -0.248. The second kappa shape index (κ2) is 6.11. The number of nitrogens with zero attached hydrogens (tertiary/aromatic N) is 3. The maximum Gasteiger partial charge on any atom is 0.242 e. The molecule has 2 aliphatic heterocycles. The normalized spacial score (nSPS) is 30.4. The molecular weight excluding hydrogens is 272 g/mol. The highest BCUT2D eigenvalue weighted by Gasteiger charge is 2.35. The molecule has 3 atom stereocenters. The maximum absolute atomic E-state index is 12.7. The van der Waals surface area contributed by atoms with Crippen LogP contribution in [0.25, 0.3) is 0 Å². The first kappa shape index (κ1) is 14.5. The van der Waals surface area contributed by atoms with Crippen molar-refractivity contribution in [1.29, 1.82) is 0 Å². The molecule has 7 heteroatoms. The summed E-state index contributed by atoms with van der Waals surface area (Å²) in [4.78, 5) is 18.9. The molecule has 7 nitrogen and oxygen atoms in total. The standard InChI is InChI=1S/C14H22N4O3/c1-9-12(15-5-7-20-9)14(19)18-6-3-4-11(8-18)13-16-10(2)17-21-13/h9,11-12,15H,3-8H2,1-2H3/t9-,11?,12+/m1/s1. The van der Waals surface area contributed by atoms with Gasteiger partial charge in [-0.2, -0.15) is 4.98 Å². The van der Waals surface area contributed by atoms with Crippen molar-refractivity contribution in [2.45, 2.75) is 44.8 Å². The zero-order chi connectivity index (χ0) is 14.8. The number of nitrogens with one attached hydrogen (secondary N) is 1. The fourth-order valence-corrected chi connectivity index (χ4v) is 3.06. The molecule has 0 radical (unpaired) electrons. The Kier molecular flexibility index (Phi) is 4.21. The number of carbonyl (C=O) groups excluding carboxylic acids is 1. The molecule has 0 spiro atoms. The lowest BCUT2D eigenvalue weighted by atomic mass is 9.96. The predicted molar refractivity (Wildman–Crippen MR) is 74.8 cm³/mol. The van der Waals surface area contributed by atoms with E-state index in [0.717, 1.165) is 25.9 Å². The monoisotopic (exact) mass is 294 g/mol. The summed E-state index contributed by atoms with van der Waals surface area (Å²) >= 11 is 0. The number of likely N-dealkylation sites (tertiary alicyclic amines) is 1. The van der Waals surface area contributed by atoms with E-state index < -0.39 is 0 Å². The molecular formula is C14H22N4O3. The third-order valence-electron chi connectivity index (χ3n) is 4.21. The minimum Gasteiger partial charge on any atom is -0.375 e. The van der Waals surface area contributed by atoms with Gasteiger partial charge in [-0.05, 0) is 26.7 Å². The van der Waals surface area contributed by atoms with Gasteiger partial charge in [0.15, 0.2) is 5.82 Å². The molecule has 1 N–H and O–H groups in total. The molecule has 3 rings (SSSR count). The van der Waals surface area contributed by atoms with Crippen LogP contribution in [0.5, 0.6) is 0 Å². The molecule has 0 bridgehead atoms. The summed E-state index contributed by atoms with van der Waals surface area (Å²) in [6.07, 6.45) is 1.85. The van der Waals surface area contributed by atoms with Crippen LogP contribution in [0.4, 0.5) is 0 Å². The molecule has 3 heterocycles. The molecule has 1 aromatic heterocycles. The van der Waals surface area contributed by atoms with Gasteiger partial charge < -0.3 is 19.5 Å². The van der Waals surface area contributed by atoms with E-state index in [2.05, 4.69) is 15.5 Å². The van der Waals surface area contributed by atoms with Crippen molar-refractivity contribution < 1.29 is 14.1 Å². The van der Waals surface area contributed by atoms with Crippen molar-refractivity contribution in [3.05, 3.63) is 11.7 Å². The van der Waals surface area contributed by atoms with Crippen molar-refractivity contribution in [3.63, 3.8) is 0 Å². The predicted octanol–water partition coefficient (Wildman–Crippen LogP) is 0.461. The van der Waals surface area contributed by atoms with E-state index in [1.54, 1.807) is 0 Å². The van der Waals surface area contributed by atoms with E-state index in [-0.39, 0.29) is 24.0 Å². The maximum atomic E-state index is 12.7. The third kappa shape index (κ3) is 3.08. The van der Waals surface area contributed by atoms with Gasteiger partial charge in [0.05, 0.1) is 18.6 Å². The van der Waals surface area contributed by atoms with Gasteiger partial charge in [-0.1, -0.05) is 5.16 Å². The molecule has 2 fully saturated rings. The van der Waals surface area contributed by atoms with E-state index in [4.69, 9.17) is 9.26 Å². The summed E-state index contributed by atoms with van der Waals surface area (Å²) in [5, 5.41) is 7.10. The first-order valence-electron chi connectivity index (χ1n) is 7.59. The van der Waals surface area contributed by atoms with Crippen LogP contribution in [0, 0.1) is 6.92 Å². The average Bonchev–Trinajstić information content (AvgIpc) is 2.94. The smallest absolute Gasteiger partial charge is 0.242 e. The number of piperidine rings is 1. The fourth-order valence-electron chi connectivity index (χ4n) is 3.06. The van der Waals surface area contributed by atoms with Gasteiger partial charge in [-0.3, -0.25) is 4.79 Å². The van der Waals surface area contributed by atoms with Gasteiger partial charge in [0, 0.05) is 19.6 Å². The lowest BCUT2D eigenvalue weighted by Crippen LogP contribution is -2.57. The summed E-state index contributed by atoms with van der Waals surface area (Å²) in [5.41, 5.74) is 0. The number of hydrogen-bond donors (Lipinski definition) is 1. The van der Waals surface area contributed by atoms with Crippen LogP contribution in [-0.2, 0) is 9.53 Å². The third-order valence-corrected chi connectivity index (χ3v) is 4.21. The zero-order valence-corrected chi connectivity index (χ0v) is 12.5. The largest absolute Gasteiger partial charge is 0.375 e. The molecule has 2 aliphatic rings. The molecule has 1 aromatic rings. The van der Waals surface area contributed by atoms with Crippen LogP contribution < -0.4 is 5.32 Å². The van der Waals surface area contributed by atoms with Crippen LogP contribution in [0.3, 0.4) is 0 Å². The fraction of sp³-hybridized carbons (Fsp3) is 0.786. The van der Waals surface area contributed by atoms with Crippen LogP contribution >= 0.6 is 0 Å². The summed E-state index contributed by atoms with van der Waals surface area (Å²) in [5.74, 6) is 1.54. The van der Waals surface area contributed by atoms with E-state index >= 15 is 0 Å². The Morgan fingerprint density at radius 3 is 3.05 bits per heavy atom. The van der Waals surface area contributed by atoms with Crippen molar-refractivity contribution in [3.8, 4) is 0 Å². The number of ether oxygens (including phenoxy) is 1. The minimum absolute atomic E-state index is 0.0859. The molecule has 1 unspecified atom stereocenters. The second-order valence-electron chi connectivity index (χ2n) is 5.81. The van der Waals surface area contributed by atoms with Crippen LogP contribution in [0.1, 0.15) is 37.4 Å². The van der Waals surface area contributed by atoms with E-state index in [0.29, 0.717) is 24.9 Å². The van der Waals surface area contributed by atoms with Crippen molar-refractivity contribution in [2.75, 3.05) is 26.2 Å². The number of rotatable bonds is 2. The Hall–Kier alpha value is -1.47. The van der Waals surface area contributed by atoms with Gasteiger partial charge in [-0.15, -0.1) is 0 Å². The first-order chi connectivity index (χ1) is 10.1. The average molecular weight is 294 g/mol. The molecule has 2 saturated heterocycles. The van der Waals surface area contributed by atoms with Crippen LogP contribution in [0.15, 0.2) is 4.52 Å². The van der Waals surface area contributed by atoms with E-state index in [9.17, 15) is 4.79 Å². The lowest BCUT2D eigenvalue weighted by Gasteiger charge is -2.37. The van der Waals surface area contributed by atoms with Gasteiger partial charge in [0.1, 0.15) is 6.04 Å². The zero-order valence-electron chi connectivity index (χ0n) is 12.5.